The highest BCUT2D eigenvalue weighted by Gasteiger charge is 2.70. The highest BCUT2D eigenvalue weighted by atomic mass is 19.3. The van der Waals surface area contributed by atoms with Gasteiger partial charge in [-0.25, -0.2) is 13.2 Å². The molecule has 0 aliphatic heterocycles. The van der Waals surface area contributed by atoms with Gasteiger partial charge in [-0.05, 0) is 17.7 Å². The minimum absolute atomic E-state index is 0.106. The minimum Gasteiger partial charge on any atom is -0.329 e. The van der Waals surface area contributed by atoms with Crippen molar-refractivity contribution >= 4 is 0 Å². The SMILES string of the molecule is NCC1(c2ccc(F)cc2)CC1(F)F. The molecule has 1 saturated carbocycles. The maximum absolute atomic E-state index is 13.1. The first-order valence-electron chi connectivity index (χ1n) is 4.36. The van der Waals surface area contributed by atoms with E-state index in [-0.39, 0.29) is 13.0 Å². The van der Waals surface area contributed by atoms with Crippen LogP contribution in [0.2, 0.25) is 0 Å². The smallest absolute Gasteiger partial charge is 0.260 e. The number of hydrogen-bond acceptors (Lipinski definition) is 1. The van der Waals surface area contributed by atoms with Gasteiger partial charge in [-0.1, -0.05) is 12.1 Å². The monoisotopic (exact) mass is 201 g/mol. The minimum atomic E-state index is -2.74. The van der Waals surface area contributed by atoms with Crippen molar-refractivity contribution in [3.05, 3.63) is 35.6 Å². The van der Waals surface area contributed by atoms with Crippen LogP contribution < -0.4 is 5.73 Å². The summed E-state index contributed by atoms with van der Waals surface area (Å²) in [5, 5.41) is 0. The lowest BCUT2D eigenvalue weighted by molar-refractivity contribution is 0.0896. The number of alkyl halides is 2. The van der Waals surface area contributed by atoms with Crippen LogP contribution in [0.25, 0.3) is 0 Å². The van der Waals surface area contributed by atoms with Crippen molar-refractivity contribution < 1.29 is 13.2 Å². The molecule has 0 radical (unpaired) electrons. The molecule has 1 atom stereocenters. The van der Waals surface area contributed by atoms with Crippen LogP contribution in [0, 0.1) is 5.82 Å². The van der Waals surface area contributed by atoms with Gasteiger partial charge in [0.05, 0.1) is 5.41 Å². The highest BCUT2D eigenvalue weighted by molar-refractivity contribution is 5.38. The molecule has 1 aliphatic carbocycles. The van der Waals surface area contributed by atoms with Crippen molar-refractivity contribution in [2.24, 2.45) is 5.73 Å². The fourth-order valence-electron chi connectivity index (χ4n) is 1.76. The zero-order valence-corrected chi connectivity index (χ0v) is 7.43. The summed E-state index contributed by atoms with van der Waals surface area (Å²) in [5.74, 6) is -3.16. The van der Waals surface area contributed by atoms with Gasteiger partial charge < -0.3 is 5.73 Å². The molecule has 14 heavy (non-hydrogen) atoms. The fraction of sp³-hybridized carbons (Fsp3) is 0.400. The molecule has 76 valence electrons. The normalized spacial score (nSPS) is 28.9. The van der Waals surface area contributed by atoms with E-state index < -0.39 is 17.2 Å². The maximum Gasteiger partial charge on any atom is 0.260 e. The summed E-state index contributed by atoms with van der Waals surface area (Å²) < 4.78 is 38.7. The van der Waals surface area contributed by atoms with E-state index in [1.165, 1.54) is 24.3 Å². The standard InChI is InChI=1S/C10H10F3N/c11-8-3-1-7(2-4-8)9(6-14)5-10(9,12)13/h1-4H,5-6,14H2. The van der Waals surface area contributed by atoms with E-state index in [1.54, 1.807) is 0 Å². The number of benzene rings is 1. The topological polar surface area (TPSA) is 26.0 Å². The van der Waals surface area contributed by atoms with E-state index in [0.29, 0.717) is 5.56 Å². The molecule has 2 N–H and O–H groups in total. The zero-order valence-electron chi connectivity index (χ0n) is 7.43. The molecular formula is C10H10F3N. The lowest BCUT2D eigenvalue weighted by Crippen LogP contribution is -2.26. The number of nitrogens with two attached hydrogens (primary N) is 1. The first-order valence-corrected chi connectivity index (χ1v) is 4.36. The van der Waals surface area contributed by atoms with Gasteiger partial charge in [-0.3, -0.25) is 0 Å². The molecular weight excluding hydrogens is 191 g/mol. The van der Waals surface area contributed by atoms with Crippen molar-refractivity contribution in [3.63, 3.8) is 0 Å². The second-order valence-corrected chi connectivity index (χ2v) is 3.67. The molecule has 1 aromatic carbocycles. The summed E-state index contributed by atoms with van der Waals surface area (Å²) >= 11 is 0. The number of halogens is 3. The van der Waals surface area contributed by atoms with Crippen molar-refractivity contribution in [2.75, 3.05) is 6.54 Å². The van der Waals surface area contributed by atoms with Crippen LogP contribution in [0.15, 0.2) is 24.3 Å². The first-order chi connectivity index (χ1) is 6.52. The molecule has 1 fully saturated rings. The van der Waals surface area contributed by atoms with E-state index in [4.69, 9.17) is 5.73 Å². The second-order valence-electron chi connectivity index (χ2n) is 3.67. The lowest BCUT2D eigenvalue weighted by atomic mass is 9.95. The van der Waals surface area contributed by atoms with Crippen LogP contribution in [0.5, 0.6) is 0 Å². The van der Waals surface area contributed by atoms with Gasteiger partial charge in [0, 0.05) is 13.0 Å². The summed E-state index contributed by atoms with van der Waals surface area (Å²) in [4.78, 5) is 0. The Balaban J connectivity index is 2.36. The van der Waals surface area contributed by atoms with Gasteiger partial charge in [-0.15, -0.1) is 0 Å². The molecule has 0 spiro atoms. The molecule has 0 aromatic heterocycles. The molecule has 1 aliphatic rings. The maximum atomic E-state index is 13.1. The van der Waals surface area contributed by atoms with Crippen molar-refractivity contribution in [3.8, 4) is 0 Å². The van der Waals surface area contributed by atoms with Crippen molar-refractivity contribution in [1.29, 1.82) is 0 Å². The van der Waals surface area contributed by atoms with E-state index >= 15 is 0 Å². The predicted molar refractivity (Wildman–Crippen MR) is 46.7 cm³/mol. The summed E-state index contributed by atoms with van der Waals surface area (Å²) in [5.41, 5.74) is 4.51. The Hall–Kier alpha value is -1.03. The average molecular weight is 201 g/mol. The molecule has 1 unspecified atom stereocenters. The van der Waals surface area contributed by atoms with E-state index in [9.17, 15) is 13.2 Å². The van der Waals surface area contributed by atoms with Gasteiger partial charge in [0.2, 0.25) is 0 Å². The molecule has 0 heterocycles. The molecule has 4 heteroatoms. The largest absolute Gasteiger partial charge is 0.329 e. The Kier molecular flexibility index (Phi) is 1.86. The molecule has 1 aromatic rings. The van der Waals surface area contributed by atoms with Crippen LogP contribution >= 0.6 is 0 Å². The lowest BCUT2D eigenvalue weighted by Gasteiger charge is -2.13. The summed E-state index contributed by atoms with van der Waals surface area (Å²) in [6, 6.07) is 5.12. The average Bonchev–Trinajstić information content (AvgIpc) is 2.71. The van der Waals surface area contributed by atoms with Gasteiger partial charge >= 0.3 is 0 Å². The summed E-state index contributed by atoms with van der Waals surface area (Å²) in [7, 11) is 0. The van der Waals surface area contributed by atoms with Gasteiger partial charge in [0.1, 0.15) is 5.82 Å². The Morgan fingerprint density at radius 2 is 1.71 bits per heavy atom. The Bertz CT molecular complexity index is 347. The third-order valence-electron chi connectivity index (χ3n) is 2.84. The molecule has 0 bridgehead atoms. The van der Waals surface area contributed by atoms with E-state index in [1.807, 2.05) is 0 Å². The van der Waals surface area contributed by atoms with Gasteiger partial charge in [0.25, 0.3) is 5.92 Å². The molecule has 0 saturated heterocycles. The van der Waals surface area contributed by atoms with Crippen LogP contribution in [0.1, 0.15) is 12.0 Å². The number of rotatable bonds is 2. The highest BCUT2D eigenvalue weighted by Crippen LogP contribution is 2.60. The van der Waals surface area contributed by atoms with Gasteiger partial charge in [-0.2, -0.15) is 0 Å². The third-order valence-corrected chi connectivity index (χ3v) is 2.84. The Labute approximate surface area is 79.7 Å². The predicted octanol–water partition coefficient (Wildman–Crippen LogP) is 2.06. The molecule has 2 rings (SSSR count). The first kappa shape index (κ1) is 9.52. The molecule has 0 amide bonds. The van der Waals surface area contributed by atoms with E-state index in [2.05, 4.69) is 0 Å². The van der Waals surface area contributed by atoms with Crippen LogP contribution in [-0.2, 0) is 5.41 Å². The van der Waals surface area contributed by atoms with E-state index in [0.717, 1.165) is 0 Å². The zero-order chi connectivity index (χ0) is 10.4. The summed E-state index contributed by atoms with van der Waals surface area (Å²) in [6.07, 6.45) is -0.234. The number of hydrogen-bond donors (Lipinski definition) is 1. The molecule has 1 nitrogen and oxygen atoms in total. The van der Waals surface area contributed by atoms with Crippen LogP contribution in [0.4, 0.5) is 13.2 Å². The summed E-state index contributed by atoms with van der Waals surface area (Å²) in [6.45, 7) is -0.106. The van der Waals surface area contributed by atoms with Crippen LogP contribution in [0.3, 0.4) is 0 Å². The third kappa shape index (κ3) is 1.14. The Morgan fingerprint density at radius 1 is 1.21 bits per heavy atom. The quantitative estimate of drug-likeness (QED) is 0.778. The van der Waals surface area contributed by atoms with Crippen molar-refractivity contribution in [2.45, 2.75) is 17.8 Å². The van der Waals surface area contributed by atoms with Crippen molar-refractivity contribution in [1.82, 2.24) is 0 Å². The Morgan fingerprint density at radius 3 is 2.07 bits per heavy atom. The second kappa shape index (κ2) is 2.73. The fourth-order valence-corrected chi connectivity index (χ4v) is 1.76. The van der Waals surface area contributed by atoms with Gasteiger partial charge in [0.15, 0.2) is 0 Å². The van der Waals surface area contributed by atoms with Crippen LogP contribution in [-0.4, -0.2) is 12.5 Å².